The third-order valence-electron chi connectivity index (χ3n) is 6.33. The van der Waals surface area contributed by atoms with E-state index in [-0.39, 0.29) is 18.3 Å². The largest absolute Gasteiger partial charge is 0.457 e. The summed E-state index contributed by atoms with van der Waals surface area (Å²) in [5, 5.41) is 4.44. The molecule has 0 saturated carbocycles. The fourth-order valence-electron chi connectivity index (χ4n) is 4.27. The predicted molar refractivity (Wildman–Crippen MR) is 152 cm³/mol. The van der Waals surface area contributed by atoms with Crippen LogP contribution in [0.25, 0.3) is 10.8 Å². The maximum Gasteiger partial charge on any atom is 0.416 e. The summed E-state index contributed by atoms with van der Waals surface area (Å²) in [7, 11) is 0. The van der Waals surface area contributed by atoms with Gasteiger partial charge in [0.15, 0.2) is 0 Å². The standard InChI is InChI=1S/C32H31F3N2O5/c33-32(34,35)26-10-12-27(13-11-26)42-29-8-2-7-24-19-25(9-14-28(24)29)31(39)37-20-23-5-1-4-22(18-23)6-3-15-40-16-17-41-21-30(36)38/h1-2,4-5,7-14,18-19H,3,6,15-17,20-21H2,(H2,36,38)(H,37,39). The first kappa shape index (κ1) is 30.5. The highest BCUT2D eigenvalue weighted by molar-refractivity contribution is 5.99. The molecular weight excluding hydrogens is 549 g/mol. The topological polar surface area (TPSA) is 99.9 Å². The van der Waals surface area contributed by atoms with Crippen molar-refractivity contribution in [3.63, 3.8) is 0 Å². The van der Waals surface area contributed by atoms with E-state index in [9.17, 15) is 22.8 Å². The molecule has 2 amide bonds. The van der Waals surface area contributed by atoms with Gasteiger partial charge in [0.2, 0.25) is 5.91 Å². The monoisotopic (exact) mass is 580 g/mol. The molecule has 0 fully saturated rings. The normalized spacial score (nSPS) is 11.4. The van der Waals surface area contributed by atoms with Crippen molar-refractivity contribution in [1.29, 1.82) is 0 Å². The van der Waals surface area contributed by atoms with E-state index in [1.54, 1.807) is 30.3 Å². The van der Waals surface area contributed by atoms with E-state index in [1.807, 2.05) is 30.3 Å². The number of ether oxygens (including phenoxy) is 3. The number of carbonyl (C=O) groups excluding carboxylic acids is 2. The molecule has 0 bridgehead atoms. The maximum atomic E-state index is 12.9. The van der Waals surface area contributed by atoms with Crippen LogP contribution in [0.3, 0.4) is 0 Å². The molecule has 7 nitrogen and oxygen atoms in total. The third kappa shape index (κ3) is 9.05. The lowest BCUT2D eigenvalue weighted by Crippen LogP contribution is -2.22. The van der Waals surface area contributed by atoms with Crippen LogP contribution in [-0.2, 0) is 33.4 Å². The summed E-state index contributed by atoms with van der Waals surface area (Å²) in [5.74, 6) is 0.00422. The Labute approximate surface area is 241 Å². The smallest absolute Gasteiger partial charge is 0.416 e. The summed E-state index contributed by atoms with van der Waals surface area (Å²) < 4.78 is 54.9. The van der Waals surface area contributed by atoms with Crippen LogP contribution in [0.15, 0.2) is 84.9 Å². The van der Waals surface area contributed by atoms with Crippen molar-refractivity contribution in [2.24, 2.45) is 5.73 Å². The Balaban J connectivity index is 1.29. The van der Waals surface area contributed by atoms with Gasteiger partial charge in [0.25, 0.3) is 5.91 Å². The number of halogens is 3. The Bertz CT molecular complexity index is 1510. The van der Waals surface area contributed by atoms with E-state index in [2.05, 4.69) is 5.32 Å². The Morgan fingerprint density at radius 1 is 0.810 bits per heavy atom. The van der Waals surface area contributed by atoms with Gasteiger partial charge in [-0.1, -0.05) is 36.4 Å². The molecular formula is C32H31F3N2O5. The summed E-state index contributed by atoms with van der Waals surface area (Å²) in [4.78, 5) is 23.5. The molecule has 0 unspecified atom stereocenters. The molecule has 4 aromatic carbocycles. The minimum atomic E-state index is -4.42. The second kappa shape index (κ2) is 14.5. The van der Waals surface area contributed by atoms with Crippen molar-refractivity contribution >= 4 is 22.6 Å². The summed E-state index contributed by atoms with van der Waals surface area (Å²) in [6, 6.07) is 23.0. The number of amides is 2. The molecule has 4 aromatic rings. The Morgan fingerprint density at radius 2 is 1.55 bits per heavy atom. The quantitative estimate of drug-likeness (QED) is 0.177. The fourth-order valence-corrected chi connectivity index (χ4v) is 4.27. The first-order chi connectivity index (χ1) is 20.2. The van der Waals surface area contributed by atoms with E-state index < -0.39 is 17.6 Å². The summed E-state index contributed by atoms with van der Waals surface area (Å²) in [6.07, 6.45) is -2.79. The molecule has 4 rings (SSSR count). The van der Waals surface area contributed by atoms with Crippen LogP contribution in [0.5, 0.6) is 11.5 Å². The second-order valence-corrected chi connectivity index (χ2v) is 9.55. The number of primary amides is 1. The van der Waals surface area contributed by atoms with E-state index in [0.717, 1.165) is 46.9 Å². The molecule has 3 N–H and O–H groups in total. The van der Waals surface area contributed by atoms with Crippen molar-refractivity contribution in [2.45, 2.75) is 25.6 Å². The SMILES string of the molecule is NC(=O)COCCOCCCc1cccc(CNC(=O)c2ccc3c(Oc4ccc(C(F)(F)F)cc4)cccc3c2)c1. The van der Waals surface area contributed by atoms with Crippen molar-refractivity contribution in [3.05, 3.63) is 107 Å². The van der Waals surface area contributed by atoms with Crippen LogP contribution >= 0.6 is 0 Å². The lowest BCUT2D eigenvalue weighted by Gasteiger charge is -2.12. The highest BCUT2D eigenvalue weighted by Gasteiger charge is 2.30. The molecule has 0 radical (unpaired) electrons. The molecule has 0 atom stereocenters. The zero-order valence-corrected chi connectivity index (χ0v) is 22.8. The van der Waals surface area contributed by atoms with E-state index in [1.165, 1.54) is 12.1 Å². The third-order valence-corrected chi connectivity index (χ3v) is 6.33. The molecule has 0 spiro atoms. The van der Waals surface area contributed by atoms with Crippen molar-refractivity contribution in [2.75, 3.05) is 26.4 Å². The Hall–Kier alpha value is -4.41. The summed E-state index contributed by atoms with van der Waals surface area (Å²) in [5.41, 5.74) is 6.82. The molecule has 0 aliphatic rings. The zero-order valence-electron chi connectivity index (χ0n) is 22.8. The van der Waals surface area contributed by atoms with Crippen LogP contribution in [0.2, 0.25) is 0 Å². The van der Waals surface area contributed by atoms with E-state index >= 15 is 0 Å². The first-order valence-corrected chi connectivity index (χ1v) is 13.4. The number of nitrogens with two attached hydrogens (primary N) is 1. The summed E-state index contributed by atoms with van der Waals surface area (Å²) in [6.45, 7) is 1.50. The van der Waals surface area contributed by atoms with Crippen molar-refractivity contribution in [1.82, 2.24) is 5.32 Å². The average Bonchev–Trinajstić information content (AvgIpc) is 2.97. The van der Waals surface area contributed by atoms with Gasteiger partial charge in [0, 0.05) is 24.1 Å². The van der Waals surface area contributed by atoms with Gasteiger partial charge in [-0.2, -0.15) is 13.2 Å². The molecule has 0 aromatic heterocycles. The van der Waals surface area contributed by atoms with E-state index in [0.29, 0.717) is 37.7 Å². The molecule has 0 saturated heterocycles. The number of fused-ring (bicyclic) bond motifs is 1. The highest BCUT2D eigenvalue weighted by Crippen LogP contribution is 2.33. The maximum absolute atomic E-state index is 12.9. The summed E-state index contributed by atoms with van der Waals surface area (Å²) >= 11 is 0. The number of benzene rings is 4. The minimum Gasteiger partial charge on any atom is -0.457 e. The lowest BCUT2D eigenvalue weighted by molar-refractivity contribution is -0.137. The van der Waals surface area contributed by atoms with E-state index in [4.69, 9.17) is 19.9 Å². The molecule has 0 aliphatic heterocycles. The number of hydrogen-bond acceptors (Lipinski definition) is 5. The molecule has 42 heavy (non-hydrogen) atoms. The Kier molecular flexibility index (Phi) is 10.5. The van der Waals surface area contributed by atoms with Crippen LogP contribution in [0, 0.1) is 0 Å². The predicted octanol–water partition coefficient (Wildman–Crippen LogP) is 6.03. The average molecular weight is 581 g/mol. The number of alkyl halides is 3. The fraction of sp³-hybridized carbons (Fsp3) is 0.250. The molecule has 0 aliphatic carbocycles. The number of aryl methyl sites for hydroxylation is 1. The number of hydrogen-bond donors (Lipinski definition) is 2. The van der Waals surface area contributed by atoms with Crippen molar-refractivity contribution in [3.8, 4) is 11.5 Å². The molecule has 0 heterocycles. The van der Waals surface area contributed by atoms with Gasteiger partial charge in [-0.25, -0.2) is 0 Å². The molecule has 10 heteroatoms. The number of rotatable bonds is 14. The van der Waals surface area contributed by atoms with Gasteiger partial charge >= 0.3 is 6.18 Å². The first-order valence-electron chi connectivity index (χ1n) is 13.4. The number of nitrogens with one attached hydrogen (secondary N) is 1. The molecule has 220 valence electrons. The van der Waals surface area contributed by atoms with Crippen LogP contribution in [0.4, 0.5) is 13.2 Å². The van der Waals surface area contributed by atoms with Crippen LogP contribution < -0.4 is 15.8 Å². The van der Waals surface area contributed by atoms with Crippen LogP contribution in [-0.4, -0.2) is 38.2 Å². The number of carbonyl (C=O) groups is 2. The van der Waals surface area contributed by atoms with Crippen molar-refractivity contribution < 1.29 is 37.0 Å². The second-order valence-electron chi connectivity index (χ2n) is 9.55. The van der Waals surface area contributed by atoms with Gasteiger partial charge in [-0.3, -0.25) is 9.59 Å². The minimum absolute atomic E-state index is 0.113. The van der Waals surface area contributed by atoms with Gasteiger partial charge < -0.3 is 25.3 Å². The lowest BCUT2D eigenvalue weighted by atomic mass is 10.0. The van der Waals surface area contributed by atoms with Gasteiger partial charge in [-0.05, 0) is 77.9 Å². The Morgan fingerprint density at radius 3 is 2.31 bits per heavy atom. The van der Waals surface area contributed by atoms with Gasteiger partial charge in [0.1, 0.15) is 18.1 Å². The van der Waals surface area contributed by atoms with Crippen LogP contribution in [0.1, 0.15) is 33.5 Å². The van der Waals surface area contributed by atoms with Gasteiger partial charge in [-0.15, -0.1) is 0 Å². The zero-order chi connectivity index (χ0) is 30.0. The highest BCUT2D eigenvalue weighted by atomic mass is 19.4. The van der Waals surface area contributed by atoms with Gasteiger partial charge in [0.05, 0.1) is 18.8 Å².